The van der Waals surface area contributed by atoms with Crippen molar-refractivity contribution in [2.45, 2.75) is 56.8 Å². The van der Waals surface area contributed by atoms with Crippen molar-refractivity contribution in [3.63, 3.8) is 0 Å². The number of rotatable bonds is 3. The first-order chi connectivity index (χ1) is 12.5. The van der Waals surface area contributed by atoms with E-state index in [1.165, 1.54) is 0 Å². The first kappa shape index (κ1) is 17.3. The van der Waals surface area contributed by atoms with Gasteiger partial charge in [0.05, 0.1) is 18.2 Å². The SMILES string of the molecule is C[C@@H]1C[C@H](O)CN(C(=O)N[C@@H]2CC(=O)N(C3CC3)[C@H]2c2cccnc2)C1. The Morgan fingerprint density at radius 3 is 2.81 bits per heavy atom. The number of aromatic nitrogens is 1. The average molecular weight is 358 g/mol. The normalized spacial score (nSPS) is 32.0. The maximum absolute atomic E-state index is 12.8. The highest BCUT2D eigenvalue weighted by Crippen LogP contribution is 2.41. The Labute approximate surface area is 153 Å². The first-order valence-electron chi connectivity index (χ1n) is 9.47. The standard InChI is InChI=1S/C19H26N4O3/c1-12-7-15(24)11-22(10-12)19(26)21-16-8-17(25)23(14-4-5-14)18(16)13-3-2-6-20-9-13/h2-3,6,9,12,14-16,18,24H,4-5,7-8,10-11H2,1H3,(H,21,26)/t12-,15+,16-,18+/m1/s1. The summed E-state index contributed by atoms with van der Waals surface area (Å²) in [6.07, 6.45) is 6.11. The minimum absolute atomic E-state index is 0.0960. The topological polar surface area (TPSA) is 85.8 Å². The first-order valence-corrected chi connectivity index (χ1v) is 9.47. The van der Waals surface area contributed by atoms with E-state index < -0.39 is 6.10 Å². The minimum Gasteiger partial charge on any atom is -0.391 e. The largest absolute Gasteiger partial charge is 0.391 e. The van der Waals surface area contributed by atoms with E-state index in [2.05, 4.69) is 10.3 Å². The molecule has 0 aromatic carbocycles. The molecule has 4 atom stereocenters. The van der Waals surface area contributed by atoms with Crippen molar-refractivity contribution < 1.29 is 14.7 Å². The summed E-state index contributed by atoms with van der Waals surface area (Å²) in [7, 11) is 0. The van der Waals surface area contributed by atoms with E-state index in [4.69, 9.17) is 0 Å². The zero-order valence-corrected chi connectivity index (χ0v) is 15.0. The van der Waals surface area contributed by atoms with E-state index >= 15 is 0 Å². The number of pyridine rings is 1. The minimum atomic E-state index is -0.480. The van der Waals surface area contributed by atoms with E-state index in [0.717, 1.165) is 24.8 Å². The third-order valence-corrected chi connectivity index (χ3v) is 5.56. The van der Waals surface area contributed by atoms with E-state index in [1.807, 2.05) is 24.0 Å². The number of carbonyl (C=O) groups is 2. The predicted molar refractivity (Wildman–Crippen MR) is 95.1 cm³/mol. The van der Waals surface area contributed by atoms with E-state index in [-0.39, 0.29) is 36.0 Å². The van der Waals surface area contributed by atoms with Gasteiger partial charge in [0.25, 0.3) is 0 Å². The third-order valence-electron chi connectivity index (χ3n) is 5.56. The number of β-amino-alcohol motifs (C(OH)–C–C–N with tert-alkyl or cyclic N) is 1. The van der Waals surface area contributed by atoms with Crippen LogP contribution >= 0.6 is 0 Å². The summed E-state index contributed by atoms with van der Waals surface area (Å²) in [4.78, 5) is 33.2. The number of carbonyl (C=O) groups excluding carboxylic acids is 2. The zero-order valence-electron chi connectivity index (χ0n) is 15.0. The second-order valence-corrected chi connectivity index (χ2v) is 7.92. The number of aliphatic hydroxyl groups excluding tert-OH is 1. The Kier molecular flexibility index (Phi) is 4.56. The van der Waals surface area contributed by atoms with Crippen molar-refractivity contribution in [2.24, 2.45) is 5.92 Å². The highest BCUT2D eigenvalue weighted by atomic mass is 16.3. The van der Waals surface area contributed by atoms with E-state index in [0.29, 0.717) is 19.5 Å². The lowest BCUT2D eigenvalue weighted by Gasteiger charge is -2.36. The van der Waals surface area contributed by atoms with E-state index in [1.54, 1.807) is 17.3 Å². The summed E-state index contributed by atoms with van der Waals surface area (Å²) < 4.78 is 0. The highest BCUT2D eigenvalue weighted by molar-refractivity contribution is 5.83. The van der Waals surface area contributed by atoms with Gasteiger partial charge in [-0.15, -0.1) is 0 Å². The van der Waals surface area contributed by atoms with Gasteiger partial charge in [-0.2, -0.15) is 0 Å². The summed E-state index contributed by atoms with van der Waals surface area (Å²) in [5, 5.41) is 13.0. The molecule has 1 aromatic rings. The molecule has 2 aliphatic heterocycles. The van der Waals surface area contributed by atoms with Gasteiger partial charge in [0.15, 0.2) is 0 Å². The van der Waals surface area contributed by atoms with Crippen LogP contribution in [0.1, 0.15) is 44.2 Å². The number of piperidine rings is 1. The maximum atomic E-state index is 12.8. The number of urea groups is 1. The summed E-state index contributed by atoms with van der Waals surface area (Å²) in [5.41, 5.74) is 0.961. The fraction of sp³-hybridized carbons (Fsp3) is 0.632. The van der Waals surface area contributed by atoms with Crippen molar-refractivity contribution in [1.29, 1.82) is 0 Å². The third kappa shape index (κ3) is 3.40. The molecule has 2 saturated heterocycles. The van der Waals surface area contributed by atoms with Crippen LogP contribution < -0.4 is 5.32 Å². The Morgan fingerprint density at radius 2 is 2.15 bits per heavy atom. The number of hydrogen-bond donors (Lipinski definition) is 2. The van der Waals surface area contributed by atoms with Gasteiger partial charge in [-0.05, 0) is 36.8 Å². The van der Waals surface area contributed by atoms with Gasteiger partial charge >= 0.3 is 6.03 Å². The quantitative estimate of drug-likeness (QED) is 0.853. The second-order valence-electron chi connectivity index (χ2n) is 7.92. The van der Waals surface area contributed by atoms with Crippen LogP contribution in [0.2, 0.25) is 0 Å². The Balaban J connectivity index is 1.52. The molecular formula is C19H26N4O3. The number of amides is 3. The van der Waals surface area contributed by atoms with Gasteiger partial charge in [0, 0.05) is 37.9 Å². The number of aliphatic hydroxyl groups is 1. The van der Waals surface area contributed by atoms with E-state index in [9.17, 15) is 14.7 Å². The summed E-state index contributed by atoms with van der Waals surface area (Å²) >= 11 is 0. The summed E-state index contributed by atoms with van der Waals surface area (Å²) in [6.45, 7) is 3.02. The average Bonchev–Trinajstić information content (AvgIpc) is 3.38. The van der Waals surface area contributed by atoms with Crippen molar-refractivity contribution in [3.05, 3.63) is 30.1 Å². The fourth-order valence-electron chi connectivity index (χ4n) is 4.35. The smallest absolute Gasteiger partial charge is 0.317 e. The van der Waals surface area contributed by atoms with Crippen LogP contribution in [0.4, 0.5) is 4.79 Å². The second kappa shape index (κ2) is 6.87. The Hall–Kier alpha value is -2.15. The zero-order chi connectivity index (χ0) is 18.3. The molecule has 4 rings (SSSR count). The van der Waals surface area contributed by atoms with Crippen LogP contribution in [-0.2, 0) is 4.79 Å². The molecule has 3 heterocycles. The number of nitrogens with zero attached hydrogens (tertiary/aromatic N) is 3. The van der Waals surface area contributed by atoms with Gasteiger partial charge in [-0.3, -0.25) is 9.78 Å². The number of nitrogens with one attached hydrogen (secondary N) is 1. The fourth-order valence-corrected chi connectivity index (χ4v) is 4.35. The lowest BCUT2D eigenvalue weighted by atomic mass is 9.98. The summed E-state index contributed by atoms with van der Waals surface area (Å²) in [6, 6.07) is 3.49. The highest BCUT2D eigenvalue weighted by Gasteiger charge is 2.48. The molecule has 2 N–H and O–H groups in total. The molecule has 3 amide bonds. The van der Waals surface area contributed by atoms with Crippen molar-refractivity contribution in [1.82, 2.24) is 20.1 Å². The van der Waals surface area contributed by atoms with Crippen LogP contribution in [0.3, 0.4) is 0 Å². The lowest BCUT2D eigenvalue weighted by molar-refractivity contribution is -0.129. The molecule has 26 heavy (non-hydrogen) atoms. The van der Waals surface area contributed by atoms with Crippen LogP contribution in [0.25, 0.3) is 0 Å². The van der Waals surface area contributed by atoms with Gasteiger partial charge in [0.1, 0.15) is 0 Å². The molecule has 0 spiro atoms. The van der Waals surface area contributed by atoms with Crippen LogP contribution in [0.15, 0.2) is 24.5 Å². The summed E-state index contributed by atoms with van der Waals surface area (Å²) in [5.74, 6) is 0.366. The maximum Gasteiger partial charge on any atom is 0.317 e. The van der Waals surface area contributed by atoms with Gasteiger partial charge in [-0.1, -0.05) is 13.0 Å². The lowest BCUT2D eigenvalue weighted by Crippen LogP contribution is -2.52. The molecule has 3 fully saturated rings. The van der Waals surface area contributed by atoms with Crippen LogP contribution in [0.5, 0.6) is 0 Å². The molecule has 0 unspecified atom stereocenters. The van der Waals surface area contributed by atoms with Gasteiger partial charge < -0.3 is 20.2 Å². The van der Waals surface area contributed by atoms with Crippen LogP contribution in [0, 0.1) is 5.92 Å². The molecular weight excluding hydrogens is 332 g/mol. The Morgan fingerprint density at radius 1 is 1.35 bits per heavy atom. The number of hydrogen-bond acceptors (Lipinski definition) is 4. The predicted octanol–water partition coefficient (Wildman–Crippen LogP) is 1.30. The van der Waals surface area contributed by atoms with Gasteiger partial charge in [-0.25, -0.2) is 4.79 Å². The van der Waals surface area contributed by atoms with Crippen molar-refractivity contribution in [2.75, 3.05) is 13.1 Å². The molecule has 1 aliphatic carbocycles. The molecule has 1 aromatic heterocycles. The Bertz CT molecular complexity index is 669. The molecule has 0 bridgehead atoms. The molecule has 3 aliphatic rings. The van der Waals surface area contributed by atoms with Crippen LogP contribution in [-0.4, -0.2) is 63.1 Å². The van der Waals surface area contributed by atoms with Crippen molar-refractivity contribution >= 4 is 11.9 Å². The van der Waals surface area contributed by atoms with Crippen molar-refractivity contribution in [3.8, 4) is 0 Å². The number of likely N-dealkylation sites (tertiary alicyclic amines) is 2. The van der Waals surface area contributed by atoms with Gasteiger partial charge in [0.2, 0.25) is 5.91 Å². The monoisotopic (exact) mass is 358 g/mol. The molecule has 7 heteroatoms. The molecule has 140 valence electrons. The molecule has 7 nitrogen and oxygen atoms in total. The molecule has 1 saturated carbocycles. The molecule has 0 radical (unpaired) electrons.